The zero-order valence-electron chi connectivity index (χ0n) is 9.61. The van der Waals surface area contributed by atoms with Crippen LogP contribution in [0, 0.1) is 6.92 Å². The Labute approximate surface area is 110 Å². The van der Waals surface area contributed by atoms with Crippen molar-refractivity contribution < 1.29 is 4.74 Å². The van der Waals surface area contributed by atoms with Gasteiger partial charge in [-0.05, 0) is 30.7 Å². The maximum absolute atomic E-state index is 5.91. The first-order valence-corrected chi connectivity index (χ1v) is 6.19. The minimum absolute atomic E-state index is 0.470. The summed E-state index contributed by atoms with van der Waals surface area (Å²) in [6, 6.07) is 13.7. The molecule has 0 aliphatic heterocycles. The first kappa shape index (κ1) is 12.0. The lowest BCUT2D eigenvalue weighted by atomic mass is 10.2. The molecule has 17 heavy (non-hydrogen) atoms. The lowest BCUT2D eigenvalue weighted by Crippen LogP contribution is -2.01. The smallest absolute Gasteiger partial charge is 0.122 e. The van der Waals surface area contributed by atoms with Gasteiger partial charge in [0.2, 0.25) is 0 Å². The minimum Gasteiger partial charge on any atom is -0.489 e. The summed E-state index contributed by atoms with van der Waals surface area (Å²) in [5.41, 5.74) is 8.76. The zero-order chi connectivity index (χ0) is 12.3. The van der Waals surface area contributed by atoms with Gasteiger partial charge in [0.1, 0.15) is 12.4 Å². The summed E-state index contributed by atoms with van der Waals surface area (Å²) in [6.07, 6.45) is 0. The first-order chi connectivity index (χ1) is 8.18. The van der Waals surface area contributed by atoms with E-state index < -0.39 is 0 Å². The van der Waals surface area contributed by atoms with Crippen molar-refractivity contribution in [3.05, 3.63) is 58.1 Å². The van der Waals surface area contributed by atoms with E-state index in [2.05, 4.69) is 15.9 Å². The van der Waals surface area contributed by atoms with Crippen LogP contribution in [-0.2, 0) is 6.61 Å². The van der Waals surface area contributed by atoms with Crippen LogP contribution in [0.15, 0.2) is 46.9 Å². The predicted molar refractivity (Wildman–Crippen MR) is 74.1 cm³/mol. The number of anilines is 1. The van der Waals surface area contributed by atoms with Crippen LogP contribution < -0.4 is 10.5 Å². The van der Waals surface area contributed by atoms with Gasteiger partial charge in [-0.3, -0.25) is 0 Å². The molecular formula is C14H14BrNO. The summed E-state index contributed by atoms with van der Waals surface area (Å²) in [6.45, 7) is 2.50. The van der Waals surface area contributed by atoms with Crippen molar-refractivity contribution in [1.29, 1.82) is 0 Å². The van der Waals surface area contributed by atoms with E-state index in [0.717, 1.165) is 27.0 Å². The Kier molecular flexibility index (Phi) is 3.69. The molecule has 88 valence electrons. The number of hydrogen-bond donors (Lipinski definition) is 1. The lowest BCUT2D eigenvalue weighted by molar-refractivity contribution is 0.304. The Bertz CT molecular complexity index is 505. The maximum Gasteiger partial charge on any atom is 0.122 e. The third kappa shape index (κ3) is 2.80. The lowest BCUT2D eigenvalue weighted by Gasteiger charge is -2.11. The highest BCUT2D eigenvalue weighted by Crippen LogP contribution is 2.25. The fourth-order valence-electron chi connectivity index (χ4n) is 1.60. The van der Waals surface area contributed by atoms with Gasteiger partial charge in [0, 0.05) is 15.7 Å². The summed E-state index contributed by atoms with van der Waals surface area (Å²) in [7, 11) is 0. The van der Waals surface area contributed by atoms with Crippen LogP contribution in [0.5, 0.6) is 5.75 Å². The quantitative estimate of drug-likeness (QED) is 0.870. The van der Waals surface area contributed by atoms with Crippen molar-refractivity contribution in [3.63, 3.8) is 0 Å². The Morgan fingerprint density at radius 3 is 2.59 bits per heavy atom. The van der Waals surface area contributed by atoms with Gasteiger partial charge in [0.05, 0.1) is 0 Å². The van der Waals surface area contributed by atoms with Crippen molar-refractivity contribution in [1.82, 2.24) is 0 Å². The van der Waals surface area contributed by atoms with Gasteiger partial charge in [-0.1, -0.05) is 40.2 Å². The first-order valence-electron chi connectivity index (χ1n) is 5.40. The van der Waals surface area contributed by atoms with Crippen LogP contribution in [0.4, 0.5) is 5.69 Å². The highest BCUT2D eigenvalue weighted by molar-refractivity contribution is 9.10. The second-order valence-electron chi connectivity index (χ2n) is 3.86. The molecule has 0 aliphatic carbocycles. The average Bonchev–Trinajstić information content (AvgIpc) is 2.30. The number of hydrogen-bond acceptors (Lipinski definition) is 2. The van der Waals surface area contributed by atoms with E-state index in [1.165, 1.54) is 0 Å². The third-order valence-electron chi connectivity index (χ3n) is 2.62. The normalized spacial score (nSPS) is 10.2. The number of nitrogens with two attached hydrogens (primary N) is 1. The summed E-state index contributed by atoms with van der Waals surface area (Å²) in [5, 5.41) is 0. The Morgan fingerprint density at radius 1 is 1.12 bits per heavy atom. The van der Waals surface area contributed by atoms with E-state index in [9.17, 15) is 0 Å². The summed E-state index contributed by atoms with van der Waals surface area (Å²) in [5.74, 6) is 0.891. The fraction of sp³-hybridized carbons (Fsp3) is 0.143. The van der Waals surface area contributed by atoms with Gasteiger partial charge in [-0.2, -0.15) is 0 Å². The van der Waals surface area contributed by atoms with Crippen molar-refractivity contribution >= 4 is 21.6 Å². The molecule has 0 saturated heterocycles. The molecule has 0 aromatic heterocycles. The molecule has 3 heteroatoms. The molecule has 0 unspecified atom stereocenters. The SMILES string of the molecule is Cc1ccccc1OCc1c(N)cccc1Br. The second kappa shape index (κ2) is 5.23. The minimum atomic E-state index is 0.470. The molecule has 0 saturated carbocycles. The number of aryl methyl sites for hydroxylation is 1. The Balaban J connectivity index is 2.16. The maximum atomic E-state index is 5.91. The van der Waals surface area contributed by atoms with Gasteiger partial charge in [-0.15, -0.1) is 0 Å². The van der Waals surface area contributed by atoms with Crippen molar-refractivity contribution in [3.8, 4) is 5.75 Å². The summed E-state index contributed by atoms with van der Waals surface area (Å²) >= 11 is 3.48. The second-order valence-corrected chi connectivity index (χ2v) is 4.72. The molecule has 0 spiro atoms. The van der Waals surface area contributed by atoms with E-state index in [4.69, 9.17) is 10.5 Å². The summed E-state index contributed by atoms with van der Waals surface area (Å²) in [4.78, 5) is 0. The van der Waals surface area contributed by atoms with E-state index >= 15 is 0 Å². The molecule has 2 N–H and O–H groups in total. The molecule has 0 bridgehead atoms. The molecule has 0 amide bonds. The number of benzene rings is 2. The number of halogens is 1. The number of rotatable bonds is 3. The molecule has 0 aliphatic rings. The van der Waals surface area contributed by atoms with Gasteiger partial charge in [0.15, 0.2) is 0 Å². The molecule has 2 rings (SSSR count). The van der Waals surface area contributed by atoms with Crippen LogP contribution in [0.3, 0.4) is 0 Å². The zero-order valence-corrected chi connectivity index (χ0v) is 11.2. The summed E-state index contributed by atoms with van der Waals surface area (Å²) < 4.78 is 6.75. The van der Waals surface area contributed by atoms with Gasteiger partial charge >= 0.3 is 0 Å². The number of ether oxygens (including phenoxy) is 1. The average molecular weight is 292 g/mol. The molecule has 0 heterocycles. The van der Waals surface area contributed by atoms with Crippen molar-refractivity contribution in [2.75, 3.05) is 5.73 Å². The van der Waals surface area contributed by atoms with E-state index in [1.54, 1.807) is 0 Å². The predicted octanol–water partition coefficient (Wildman–Crippen LogP) is 3.92. The third-order valence-corrected chi connectivity index (χ3v) is 3.36. The van der Waals surface area contributed by atoms with E-state index in [0.29, 0.717) is 6.61 Å². The standard InChI is InChI=1S/C14H14BrNO/c1-10-5-2-3-8-14(10)17-9-11-12(15)6-4-7-13(11)16/h2-8H,9,16H2,1H3. The highest BCUT2D eigenvalue weighted by Gasteiger charge is 2.05. The van der Waals surface area contributed by atoms with Gasteiger partial charge in [-0.25, -0.2) is 0 Å². The molecule has 2 nitrogen and oxygen atoms in total. The molecule has 0 radical (unpaired) electrons. The fourth-order valence-corrected chi connectivity index (χ4v) is 2.09. The van der Waals surface area contributed by atoms with Crippen LogP contribution >= 0.6 is 15.9 Å². The van der Waals surface area contributed by atoms with Crippen molar-refractivity contribution in [2.24, 2.45) is 0 Å². The Morgan fingerprint density at radius 2 is 1.88 bits per heavy atom. The van der Waals surface area contributed by atoms with Crippen molar-refractivity contribution in [2.45, 2.75) is 13.5 Å². The van der Waals surface area contributed by atoms with Crippen LogP contribution in [0.2, 0.25) is 0 Å². The monoisotopic (exact) mass is 291 g/mol. The molecular weight excluding hydrogens is 278 g/mol. The largest absolute Gasteiger partial charge is 0.489 e. The van der Waals surface area contributed by atoms with Gasteiger partial charge < -0.3 is 10.5 Å². The number of nitrogen functional groups attached to an aromatic ring is 1. The topological polar surface area (TPSA) is 35.2 Å². The van der Waals surface area contributed by atoms with E-state index in [-0.39, 0.29) is 0 Å². The molecule has 0 fully saturated rings. The molecule has 2 aromatic rings. The molecule has 0 atom stereocenters. The highest BCUT2D eigenvalue weighted by atomic mass is 79.9. The van der Waals surface area contributed by atoms with E-state index in [1.807, 2.05) is 49.4 Å². The van der Waals surface area contributed by atoms with Crippen LogP contribution in [0.25, 0.3) is 0 Å². The Hall–Kier alpha value is -1.48. The number of para-hydroxylation sites is 1. The van der Waals surface area contributed by atoms with Crippen LogP contribution in [-0.4, -0.2) is 0 Å². The van der Waals surface area contributed by atoms with Gasteiger partial charge in [0.25, 0.3) is 0 Å². The molecule has 2 aromatic carbocycles. The van der Waals surface area contributed by atoms with Crippen LogP contribution in [0.1, 0.15) is 11.1 Å².